The average Bonchev–Trinajstić information content (AvgIpc) is 3.20. The van der Waals surface area contributed by atoms with E-state index in [1.807, 2.05) is 24.4 Å². The number of hydrogen-bond acceptors (Lipinski definition) is 5. The van der Waals surface area contributed by atoms with Crippen molar-refractivity contribution in [2.24, 2.45) is 4.99 Å². The fourth-order valence-electron chi connectivity index (χ4n) is 3.13. The zero-order chi connectivity index (χ0) is 16.5. The number of nitrogens with one attached hydrogen (secondary N) is 2. The summed E-state index contributed by atoms with van der Waals surface area (Å²) >= 11 is 0. The molecule has 4 heterocycles. The van der Waals surface area contributed by atoms with E-state index in [-0.39, 0.29) is 5.91 Å². The summed E-state index contributed by atoms with van der Waals surface area (Å²) in [7, 11) is 0. The number of likely N-dealkylation sites (N-methyl/N-ethyl adjacent to an activating group) is 1. The Morgan fingerprint density at radius 3 is 2.92 bits per heavy atom. The number of carbonyl (C=O) groups excluding carboxylic acids is 1. The van der Waals surface area contributed by atoms with E-state index in [0.717, 1.165) is 49.3 Å². The highest BCUT2D eigenvalue weighted by Gasteiger charge is 2.26. The van der Waals surface area contributed by atoms with Gasteiger partial charge in [-0.05, 0) is 24.8 Å². The Morgan fingerprint density at radius 2 is 2.12 bits per heavy atom. The van der Waals surface area contributed by atoms with E-state index in [4.69, 9.17) is 0 Å². The van der Waals surface area contributed by atoms with Crippen LogP contribution in [0.25, 0.3) is 17.1 Å². The van der Waals surface area contributed by atoms with Gasteiger partial charge in [-0.3, -0.25) is 10.1 Å². The highest BCUT2D eigenvalue weighted by molar-refractivity contribution is 6.14. The molecule has 24 heavy (non-hydrogen) atoms. The standard InChI is InChI=1S/C17H20N6O/c1-2-22-6-8-23(9-7-22)17-20-14(16(24)21-17)10-12-11-19-15-13(12)4-3-5-18-15/h3-5,10-11H,2,6-9H2,1H3,(H,18,19)(H,20,21,24). The lowest BCUT2D eigenvalue weighted by atomic mass is 10.2. The van der Waals surface area contributed by atoms with Crippen LogP contribution in [0.3, 0.4) is 0 Å². The van der Waals surface area contributed by atoms with Gasteiger partial charge >= 0.3 is 0 Å². The van der Waals surface area contributed by atoms with Gasteiger partial charge in [0.1, 0.15) is 11.3 Å². The minimum absolute atomic E-state index is 0.152. The smallest absolute Gasteiger partial charge is 0.276 e. The van der Waals surface area contributed by atoms with Gasteiger partial charge in [0, 0.05) is 49.5 Å². The maximum Gasteiger partial charge on any atom is 0.276 e. The molecule has 1 saturated heterocycles. The number of aromatic amines is 1. The summed E-state index contributed by atoms with van der Waals surface area (Å²) in [5, 5.41) is 3.88. The highest BCUT2D eigenvalue weighted by Crippen LogP contribution is 2.20. The van der Waals surface area contributed by atoms with Crippen LogP contribution in [0.4, 0.5) is 0 Å². The van der Waals surface area contributed by atoms with Crippen LogP contribution >= 0.6 is 0 Å². The third-order valence-electron chi connectivity index (χ3n) is 4.58. The van der Waals surface area contributed by atoms with E-state index in [2.05, 4.69) is 37.0 Å². The number of H-pyrrole nitrogens is 1. The van der Waals surface area contributed by atoms with E-state index in [0.29, 0.717) is 11.7 Å². The molecule has 2 aliphatic rings. The summed E-state index contributed by atoms with van der Waals surface area (Å²) in [4.78, 5) is 28.7. The summed E-state index contributed by atoms with van der Waals surface area (Å²) < 4.78 is 0. The van der Waals surface area contributed by atoms with Gasteiger partial charge in [-0.2, -0.15) is 0 Å². The zero-order valence-corrected chi connectivity index (χ0v) is 13.6. The first-order valence-corrected chi connectivity index (χ1v) is 8.26. The molecule has 0 aliphatic carbocycles. The number of aromatic nitrogens is 2. The van der Waals surface area contributed by atoms with Crippen molar-refractivity contribution < 1.29 is 4.79 Å². The van der Waals surface area contributed by atoms with Gasteiger partial charge in [0.25, 0.3) is 5.91 Å². The van der Waals surface area contributed by atoms with Crippen molar-refractivity contribution in [1.29, 1.82) is 0 Å². The van der Waals surface area contributed by atoms with Crippen LogP contribution in [0.15, 0.2) is 35.2 Å². The molecular weight excluding hydrogens is 304 g/mol. The summed E-state index contributed by atoms with van der Waals surface area (Å²) in [6.45, 7) is 7.00. The first kappa shape index (κ1) is 14.9. The van der Waals surface area contributed by atoms with Gasteiger partial charge in [-0.25, -0.2) is 9.98 Å². The molecule has 0 bridgehead atoms. The summed E-state index contributed by atoms with van der Waals surface area (Å²) in [5.41, 5.74) is 2.17. The third-order valence-corrected chi connectivity index (χ3v) is 4.58. The first-order chi connectivity index (χ1) is 11.7. The highest BCUT2D eigenvalue weighted by atomic mass is 16.2. The Labute approximate surface area is 140 Å². The van der Waals surface area contributed by atoms with Crippen molar-refractivity contribution in [3.8, 4) is 0 Å². The zero-order valence-electron chi connectivity index (χ0n) is 13.6. The molecule has 7 nitrogen and oxygen atoms in total. The Bertz CT molecular complexity index is 828. The Morgan fingerprint density at radius 1 is 1.29 bits per heavy atom. The molecule has 0 radical (unpaired) electrons. The molecule has 1 fully saturated rings. The van der Waals surface area contributed by atoms with Crippen LogP contribution in [0, 0.1) is 0 Å². The van der Waals surface area contributed by atoms with E-state index >= 15 is 0 Å². The Hall–Kier alpha value is -2.67. The lowest BCUT2D eigenvalue weighted by molar-refractivity contribution is -0.115. The number of fused-ring (bicyclic) bond motifs is 1. The van der Waals surface area contributed by atoms with Gasteiger partial charge in [0.2, 0.25) is 5.96 Å². The maximum atomic E-state index is 12.3. The molecule has 2 aliphatic heterocycles. The minimum Gasteiger partial charge on any atom is -0.346 e. The monoisotopic (exact) mass is 324 g/mol. The molecule has 4 rings (SSSR count). The largest absolute Gasteiger partial charge is 0.346 e. The van der Waals surface area contributed by atoms with Gasteiger partial charge in [-0.15, -0.1) is 0 Å². The minimum atomic E-state index is -0.152. The number of pyridine rings is 1. The maximum absolute atomic E-state index is 12.3. The normalized spacial score (nSPS) is 20.7. The van der Waals surface area contributed by atoms with Crippen molar-refractivity contribution >= 4 is 29.0 Å². The van der Waals surface area contributed by atoms with Crippen LogP contribution in [-0.4, -0.2) is 64.4 Å². The molecule has 0 unspecified atom stereocenters. The van der Waals surface area contributed by atoms with E-state index < -0.39 is 0 Å². The second kappa shape index (κ2) is 6.09. The van der Waals surface area contributed by atoms with E-state index in [9.17, 15) is 4.79 Å². The SMILES string of the molecule is CCN1CCN(C2=NC(=Cc3c[nH]c4ncccc34)C(=O)N2)CC1. The fourth-order valence-corrected chi connectivity index (χ4v) is 3.13. The number of aliphatic imine (C=N–C) groups is 1. The molecule has 2 aromatic heterocycles. The second-order valence-corrected chi connectivity index (χ2v) is 5.98. The van der Waals surface area contributed by atoms with E-state index in [1.165, 1.54) is 0 Å². The average molecular weight is 324 g/mol. The molecule has 0 aromatic carbocycles. The van der Waals surface area contributed by atoms with Gasteiger partial charge in [0.05, 0.1) is 0 Å². The molecule has 124 valence electrons. The molecule has 0 spiro atoms. The fraction of sp³-hybridized carbons (Fsp3) is 0.353. The third kappa shape index (κ3) is 2.67. The predicted molar refractivity (Wildman–Crippen MR) is 93.3 cm³/mol. The van der Waals surface area contributed by atoms with Crippen molar-refractivity contribution in [2.75, 3.05) is 32.7 Å². The molecule has 1 amide bonds. The molecule has 0 saturated carbocycles. The predicted octanol–water partition coefficient (Wildman–Crippen LogP) is 1.03. The topological polar surface area (TPSA) is 76.6 Å². The van der Waals surface area contributed by atoms with Crippen LogP contribution < -0.4 is 5.32 Å². The van der Waals surface area contributed by atoms with Crippen molar-refractivity contribution in [2.45, 2.75) is 6.92 Å². The molecule has 2 N–H and O–H groups in total. The summed E-state index contributed by atoms with van der Waals surface area (Å²) in [6, 6.07) is 3.86. The molecule has 2 aromatic rings. The lowest BCUT2D eigenvalue weighted by Crippen LogP contribution is -2.51. The number of piperazine rings is 1. The van der Waals surface area contributed by atoms with Crippen LogP contribution in [0.5, 0.6) is 0 Å². The van der Waals surface area contributed by atoms with Gasteiger partial charge < -0.3 is 14.8 Å². The number of amides is 1. The van der Waals surface area contributed by atoms with Gasteiger partial charge in [-0.1, -0.05) is 6.92 Å². The lowest BCUT2D eigenvalue weighted by Gasteiger charge is -2.34. The van der Waals surface area contributed by atoms with Crippen molar-refractivity contribution in [1.82, 2.24) is 25.1 Å². The van der Waals surface area contributed by atoms with Crippen molar-refractivity contribution in [3.05, 3.63) is 35.8 Å². The summed E-state index contributed by atoms with van der Waals surface area (Å²) in [5.74, 6) is 0.515. The number of guanidine groups is 1. The molecule has 7 heteroatoms. The molecular formula is C17H20N6O. The quantitative estimate of drug-likeness (QED) is 0.809. The second-order valence-electron chi connectivity index (χ2n) is 5.98. The Balaban J connectivity index is 1.57. The molecule has 0 atom stereocenters. The van der Waals surface area contributed by atoms with Crippen LogP contribution in [-0.2, 0) is 4.79 Å². The number of rotatable bonds is 2. The van der Waals surface area contributed by atoms with E-state index in [1.54, 1.807) is 6.20 Å². The Kier molecular flexibility index (Phi) is 3.78. The van der Waals surface area contributed by atoms with Gasteiger partial charge in [0.15, 0.2) is 0 Å². The number of nitrogens with zero attached hydrogens (tertiary/aromatic N) is 4. The van der Waals surface area contributed by atoms with Crippen molar-refractivity contribution in [3.63, 3.8) is 0 Å². The number of carbonyl (C=O) groups is 1. The number of hydrogen-bond donors (Lipinski definition) is 2. The van der Waals surface area contributed by atoms with Crippen LogP contribution in [0.1, 0.15) is 12.5 Å². The summed E-state index contributed by atoms with van der Waals surface area (Å²) in [6.07, 6.45) is 5.40. The van der Waals surface area contributed by atoms with Crippen LogP contribution in [0.2, 0.25) is 0 Å². The first-order valence-electron chi connectivity index (χ1n) is 8.26.